The fourth-order valence-corrected chi connectivity index (χ4v) is 4.12. The van der Waals surface area contributed by atoms with Crippen molar-refractivity contribution in [2.45, 2.75) is 52.4 Å². The summed E-state index contributed by atoms with van der Waals surface area (Å²) in [6.07, 6.45) is 2.60. The quantitative estimate of drug-likeness (QED) is 0.140. The molecule has 4 nitrogen and oxygen atoms in total. The van der Waals surface area contributed by atoms with Crippen molar-refractivity contribution in [1.82, 2.24) is 4.57 Å². The van der Waals surface area contributed by atoms with E-state index in [4.69, 9.17) is 4.84 Å². The molecule has 0 amide bonds. The average Bonchev–Trinajstić information content (AvgIpc) is 3.11. The smallest absolute Gasteiger partial charge is 0.314 e. The summed E-state index contributed by atoms with van der Waals surface area (Å²) < 4.78 is 2.31. The minimum Gasteiger partial charge on any atom is -0.314 e. The Balaban J connectivity index is 1.88. The van der Waals surface area contributed by atoms with E-state index in [9.17, 15) is 4.79 Å². The van der Waals surface area contributed by atoms with E-state index in [2.05, 4.69) is 106 Å². The molecule has 0 aliphatic rings. The van der Waals surface area contributed by atoms with Crippen LogP contribution in [-0.4, -0.2) is 16.8 Å². The van der Waals surface area contributed by atoms with Crippen molar-refractivity contribution in [3.8, 4) is 5.69 Å². The van der Waals surface area contributed by atoms with Gasteiger partial charge in [-0.1, -0.05) is 77.5 Å². The maximum Gasteiger partial charge on any atom is 0.357 e. The van der Waals surface area contributed by atoms with Crippen LogP contribution in [0, 0.1) is 0 Å². The molecule has 0 saturated heterocycles. The highest BCUT2D eigenvalue weighted by Crippen LogP contribution is 2.37. The third-order valence-corrected chi connectivity index (χ3v) is 6.16. The molecule has 0 atom stereocenters. The highest BCUT2D eigenvalue weighted by atomic mass is 16.7. The van der Waals surface area contributed by atoms with Crippen LogP contribution < -0.4 is 0 Å². The summed E-state index contributed by atoms with van der Waals surface area (Å²) >= 11 is 0. The average molecular weight is 453 g/mol. The summed E-state index contributed by atoms with van der Waals surface area (Å²) in [4.78, 5) is 15.9. The minimum atomic E-state index is -0.581. The number of aromatic nitrogens is 1. The molecule has 0 radical (unpaired) electrons. The van der Waals surface area contributed by atoms with Gasteiger partial charge in [-0.15, -0.1) is 0 Å². The van der Waals surface area contributed by atoms with Gasteiger partial charge in [0.2, 0.25) is 0 Å². The molecule has 4 rings (SSSR count). The van der Waals surface area contributed by atoms with Crippen molar-refractivity contribution >= 4 is 34.0 Å². The standard InChI is InChI=1S/C30H32N2O2/c1-8-28(33)34-31-19-20-9-13-23(14-10-20)32-26-15-11-21(29(2,3)4)17-24(26)25-18-22(30(5,6)7)12-16-27(25)32/h8-19H,1H2,2-7H3/b31-19+. The fourth-order valence-electron chi connectivity index (χ4n) is 4.12. The van der Waals surface area contributed by atoms with E-state index in [1.807, 2.05) is 12.1 Å². The molecule has 34 heavy (non-hydrogen) atoms. The molecule has 1 heterocycles. The normalized spacial score (nSPS) is 12.5. The number of oxime groups is 1. The van der Waals surface area contributed by atoms with Crippen LogP contribution in [0.25, 0.3) is 27.5 Å². The molecule has 0 fully saturated rings. The van der Waals surface area contributed by atoms with E-state index in [0.29, 0.717) is 0 Å². The van der Waals surface area contributed by atoms with Crippen LogP contribution in [0.5, 0.6) is 0 Å². The van der Waals surface area contributed by atoms with E-state index in [0.717, 1.165) is 17.3 Å². The Morgan fingerprint density at radius 1 is 0.824 bits per heavy atom. The lowest BCUT2D eigenvalue weighted by Crippen LogP contribution is -2.10. The van der Waals surface area contributed by atoms with Gasteiger partial charge in [0, 0.05) is 22.5 Å². The van der Waals surface area contributed by atoms with Crippen molar-refractivity contribution in [3.63, 3.8) is 0 Å². The number of rotatable bonds is 4. The molecule has 0 bridgehead atoms. The highest BCUT2D eigenvalue weighted by molar-refractivity contribution is 6.10. The van der Waals surface area contributed by atoms with Crippen molar-refractivity contribution in [3.05, 3.63) is 90.0 Å². The maximum atomic E-state index is 11.2. The van der Waals surface area contributed by atoms with E-state index in [-0.39, 0.29) is 10.8 Å². The summed E-state index contributed by atoms with van der Waals surface area (Å²) in [7, 11) is 0. The van der Waals surface area contributed by atoms with Crippen LogP contribution in [0.4, 0.5) is 0 Å². The zero-order valence-electron chi connectivity index (χ0n) is 20.8. The molecule has 174 valence electrons. The van der Waals surface area contributed by atoms with Crippen LogP contribution in [0.1, 0.15) is 58.2 Å². The maximum absolute atomic E-state index is 11.2. The van der Waals surface area contributed by atoms with E-state index < -0.39 is 5.97 Å². The molecule has 0 aliphatic heterocycles. The van der Waals surface area contributed by atoms with Crippen LogP contribution in [0.15, 0.2) is 78.5 Å². The van der Waals surface area contributed by atoms with Gasteiger partial charge in [-0.25, -0.2) is 4.79 Å². The molecule has 1 aromatic heterocycles. The number of fused-ring (bicyclic) bond motifs is 3. The third kappa shape index (κ3) is 4.54. The van der Waals surface area contributed by atoms with Gasteiger partial charge in [-0.2, -0.15) is 0 Å². The lowest BCUT2D eigenvalue weighted by atomic mass is 9.85. The Morgan fingerprint density at radius 3 is 1.76 bits per heavy atom. The number of hydrogen-bond acceptors (Lipinski definition) is 3. The first-order valence-corrected chi connectivity index (χ1v) is 11.6. The van der Waals surface area contributed by atoms with Gasteiger partial charge >= 0.3 is 5.97 Å². The van der Waals surface area contributed by atoms with Crippen molar-refractivity contribution in [2.75, 3.05) is 0 Å². The van der Waals surface area contributed by atoms with Gasteiger partial charge < -0.3 is 9.40 Å². The summed E-state index contributed by atoms with van der Waals surface area (Å²) in [6, 6.07) is 21.7. The molecular weight excluding hydrogens is 420 g/mol. The van der Waals surface area contributed by atoms with Gasteiger partial charge in [0.1, 0.15) is 0 Å². The number of hydrogen-bond donors (Lipinski definition) is 0. The Morgan fingerprint density at radius 2 is 1.32 bits per heavy atom. The summed E-state index contributed by atoms with van der Waals surface area (Å²) in [5, 5.41) is 6.24. The molecule has 4 heteroatoms. The molecule has 0 unspecified atom stereocenters. The molecule has 0 spiro atoms. The van der Waals surface area contributed by atoms with E-state index in [1.165, 1.54) is 39.1 Å². The van der Waals surface area contributed by atoms with Crippen molar-refractivity contribution in [2.24, 2.45) is 5.16 Å². The van der Waals surface area contributed by atoms with E-state index in [1.54, 1.807) is 0 Å². The second kappa shape index (κ2) is 8.60. The van der Waals surface area contributed by atoms with Gasteiger partial charge in [0.15, 0.2) is 0 Å². The lowest BCUT2D eigenvalue weighted by molar-refractivity contribution is -0.137. The van der Waals surface area contributed by atoms with Crippen LogP contribution in [0.2, 0.25) is 0 Å². The Labute approximate surface area is 201 Å². The van der Waals surface area contributed by atoms with Crippen LogP contribution in [0.3, 0.4) is 0 Å². The Bertz CT molecular complexity index is 1340. The Kier molecular flexibility index (Phi) is 5.94. The predicted molar refractivity (Wildman–Crippen MR) is 142 cm³/mol. The van der Waals surface area contributed by atoms with Crippen molar-refractivity contribution in [1.29, 1.82) is 0 Å². The molecule has 0 N–H and O–H groups in total. The predicted octanol–water partition coefficient (Wildman–Crippen LogP) is 7.44. The van der Waals surface area contributed by atoms with Crippen LogP contribution in [-0.2, 0) is 20.5 Å². The number of carbonyl (C=O) groups is 1. The number of carbonyl (C=O) groups excluding carboxylic acids is 1. The van der Waals surface area contributed by atoms with Crippen LogP contribution >= 0.6 is 0 Å². The monoisotopic (exact) mass is 452 g/mol. The largest absolute Gasteiger partial charge is 0.357 e. The third-order valence-electron chi connectivity index (χ3n) is 6.16. The van der Waals surface area contributed by atoms with Gasteiger partial charge in [0.05, 0.1) is 17.2 Å². The highest BCUT2D eigenvalue weighted by Gasteiger charge is 2.20. The zero-order valence-corrected chi connectivity index (χ0v) is 20.8. The zero-order chi connectivity index (χ0) is 24.7. The topological polar surface area (TPSA) is 43.6 Å². The molecule has 0 saturated carbocycles. The summed E-state index contributed by atoms with van der Waals surface area (Å²) in [5.74, 6) is -0.581. The Hall–Kier alpha value is -3.66. The first kappa shape index (κ1) is 23.5. The molecular formula is C30H32N2O2. The fraction of sp³-hybridized carbons (Fsp3) is 0.267. The van der Waals surface area contributed by atoms with Gasteiger partial charge in [0.25, 0.3) is 0 Å². The second-order valence-electron chi connectivity index (χ2n) is 10.7. The minimum absolute atomic E-state index is 0.0697. The second-order valence-corrected chi connectivity index (χ2v) is 10.7. The number of benzene rings is 3. The van der Waals surface area contributed by atoms with Crippen molar-refractivity contribution < 1.29 is 9.63 Å². The molecule has 4 aromatic rings. The molecule has 0 aliphatic carbocycles. The molecule has 3 aromatic carbocycles. The van der Waals surface area contributed by atoms with Gasteiger partial charge in [-0.05, 0) is 63.9 Å². The SMILES string of the molecule is C=CC(=O)O/N=C/c1ccc(-n2c3ccc(C(C)(C)C)cc3c3cc(C(C)(C)C)ccc32)cc1. The summed E-state index contributed by atoms with van der Waals surface area (Å²) in [6.45, 7) is 16.9. The lowest BCUT2D eigenvalue weighted by Gasteiger charge is -2.19. The number of nitrogens with zero attached hydrogens (tertiary/aromatic N) is 2. The van der Waals surface area contributed by atoms with Gasteiger partial charge in [-0.3, -0.25) is 0 Å². The first-order chi connectivity index (χ1) is 16.0. The van der Waals surface area contributed by atoms with E-state index >= 15 is 0 Å². The summed E-state index contributed by atoms with van der Waals surface area (Å²) in [5.41, 5.74) is 7.03. The first-order valence-electron chi connectivity index (χ1n) is 11.6.